The summed E-state index contributed by atoms with van der Waals surface area (Å²) in [6.07, 6.45) is 1.64. The Hall–Kier alpha value is -1.34. The minimum absolute atomic E-state index is 0.0608. The Morgan fingerprint density at radius 3 is 3.05 bits per heavy atom. The number of anilines is 1. The first-order chi connectivity index (χ1) is 9.60. The number of aliphatic hydroxyl groups excluding tert-OH is 1. The Morgan fingerprint density at radius 1 is 1.55 bits per heavy atom. The number of amides is 2. The molecule has 0 radical (unpaired) electrons. The van der Waals surface area contributed by atoms with Crippen molar-refractivity contribution in [2.45, 2.75) is 29.5 Å². The van der Waals surface area contributed by atoms with Gasteiger partial charge in [0.1, 0.15) is 0 Å². The van der Waals surface area contributed by atoms with Crippen molar-refractivity contribution in [1.82, 2.24) is 4.90 Å². The van der Waals surface area contributed by atoms with Gasteiger partial charge in [-0.3, -0.25) is 0 Å². The Balaban J connectivity index is 2.00. The maximum atomic E-state index is 12.3. The van der Waals surface area contributed by atoms with Gasteiger partial charge >= 0.3 is 6.03 Å². The molecular weight excluding hydrogens is 286 g/mol. The summed E-state index contributed by atoms with van der Waals surface area (Å²) in [5.74, 6) is -2.49. The van der Waals surface area contributed by atoms with E-state index in [-0.39, 0.29) is 18.7 Å². The highest BCUT2D eigenvalue weighted by molar-refractivity contribution is 7.99. The van der Waals surface area contributed by atoms with Crippen molar-refractivity contribution >= 4 is 23.5 Å². The lowest BCUT2D eigenvalue weighted by Crippen LogP contribution is -2.40. The summed E-state index contributed by atoms with van der Waals surface area (Å²) < 4.78 is 24.6. The molecule has 0 unspecified atom stereocenters. The highest BCUT2D eigenvalue weighted by atomic mass is 32.2. The fourth-order valence-electron chi connectivity index (χ4n) is 2.24. The van der Waals surface area contributed by atoms with Gasteiger partial charge < -0.3 is 15.3 Å². The Kier molecular flexibility index (Phi) is 5.19. The molecule has 1 heterocycles. The Bertz CT molecular complexity index is 473. The van der Waals surface area contributed by atoms with Crippen molar-refractivity contribution in [3.05, 3.63) is 24.3 Å². The lowest BCUT2D eigenvalue weighted by Gasteiger charge is -2.23. The summed E-state index contributed by atoms with van der Waals surface area (Å²) in [5.41, 5.74) is 0.476. The van der Waals surface area contributed by atoms with Gasteiger partial charge in [-0.15, -0.1) is 0 Å². The SMILES string of the molecule is O=C(Nc1cccc(SC(F)F)c1)N1CCC[C@H]1CO. The van der Waals surface area contributed by atoms with E-state index in [0.717, 1.165) is 12.8 Å². The first-order valence-corrected chi connectivity index (χ1v) is 7.21. The molecule has 1 aliphatic heterocycles. The lowest BCUT2D eigenvalue weighted by molar-refractivity contribution is 0.166. The molecule has 0 bridgehead atoms. The number of nitrogens with one attached hydrogen (secondary N) is 1. The largest absolute Gasteiger partial charge is 0.394 e. The van der Waals surface area contributed by atoms with Crippen LogP contribution in [-0.4, -0.2) is 41.0 Å². The van der Waals surface area contributed by atoms with Crippen LogP contribution in [0.15, 0.2) is 29.2 Å². The van der Waals surface area contributed by atoms with Crippen LogP contribution in [0.1, 0.15) is 12.8 Å². The fourth-order valence-corrected chi connectivity index (χ4v) is 2.80. The molecule has 4 nitrogen and oxygen atoms in total. The smallest absolute Gasteiger partial charge is 0.322 e. The highest BCUT2D eigenvalue weighted by Gasteiger charge is 2.28. The number of carbonyl (C=O) groups excluding carboxylic acids is 1. The van der Waals surface area contributed by atoms with Gasteiger partial charge in [-0.1, -0.05) is 17.8 Å². The third kappa shape index (κ3) is 3.83. The van der Waals surface area contributed by atoms with Crippen LogP contribution in [0.25, 0.3) is 0 Å². The van der Waals surface area contributed by atoms with Crippen LogP contribution in [0, 0.1) is 0 Å². The zero-order valence-electron chi connectivity index (χ0n) is 10.8. The van der Waals surface area contributed by atoms with E-state index in [2.05, 4.69) is 5.32 Å². The molecule has 110 valence electrons. The molecule has 1 aromatic carbocycles. The molecule has 2 rings (SSSR count). The number of nitrogens with zero attached hydrogens (tertiary/aromatic N) is 1. The third-order valence-electron chi connectivity index (χ3n) is 3.16. The van der Waals surface area contributed by atoms with Gasteiger partial charge in [0.2, 0.25) is 0 Å². The maximum Gasteiger partial charge on any atom is 0.322 e. The molecule has 7 heteroatoms. The number of carbonyl (C=O) groups is 1. The van der Waals surface area contributed by atoms with E-state index < -0.39 is 5.76 Å². The second kappa shape index (κ2) is 6.90. The number of likely N-dealkylation sites (tertiary alicyclic amines) is 1. The molecule has 1 aromatic rings. The number of rotatable bonds is 4. The van der Waals surface area contributed by atoms with Crippen molar-refractivity contribution in [2.24, 2.45) is 0 Å². The minimum atomic E-state index is -2.49. The first-order valence-electron chi connectivity index (χ1n) is 6.33. The molecule has 1 atom stereocenters. The number of thioether (sulfide) groups is 1. The molecular formula is C13H16F2N2O2S. The zero-order chi connectivity index (χ0) is 14.5. The summed E-state index contributed by atoms with van der Waals surface area (Å²) in [6.45, 7) is 0.539. The predicted octanol–water partition coefficient (Wildman–Crippen LogP) is 2.99. The van der Waals surface area contributed by atoms with Gasteiger partial charge in [0, 0.05) is 17.1 Å². The molecule has 0 spiro atoms. The van der Waals surface area contributed by atoms with Gasteiger partial charge in [-0.05, 0) is 31.0 Å². The molecule has 2 amide bonds. The number of alkyl halides is 2. The molecule has 1 aliphatic rings. The third-order valence-corrected chi connectivity index (χ3v) is 3.86. The van der Waals surface area contributed by atoms with Crippen LogP contribution in [0.4, 0.5) is 19.3 Å². The normalized spacial score (nSPS) is 18.6. The van der Waals surface area contributed by atoms with Crippen molar-refractivity contribution in [2.75, 3.05) is 18.5 Å². The van der Waals surface area contributed by atoms with Gasteiger partial charge in [-0.2, -0.15) is 8.78 Å². The van der Waals surface area contributed by atoms with E-state index in [1.165, 1.54) is 6.07 Å². The molecule has 1 fully saturated rings. The minimum Gasteiger partial charge on any atom is -0.394 e. The fraction of sp³-hybridized carbons (Fsp3) is 0.462. The quantitative estimate of drug-likeness (QED) is 0.841. The van der Waals surface area contributed by atoms with E-state index in [4.69, 9.17) is 0 Å². The van der Waals surface area contributed by atoms with Gasteiger partial charge in [0.05, 0.1) is 12.6 Å². The van der Waals surface area contributed by atoms with Crippen molar-refractivity contribution in [3.8, 4) is 0 Å². The standard InChI is InChI=1S/C13H16F2N2O2S/c14-12(15)20-11-5-1-3-9(7-11)16-13(19)17-6-2-4-10(17)8-18/h1,3,5,7,10,12,18H,2,4,6,8H2,(H,16,19)/t10-/m0/s1. The zero-order valence-corrected chi connectivity index (χ0v) is 11.6. The average molecular weight is 302 g/mol. The maximum absolute atomic E-state index is 12.3. The molecule has 1 saturated heterocycles. The van der Waals surface area contributed by atoms with E-state index in [9.17, 15) is 18.7 Å². The lowest BCUT2D eigenvalue weighted by atomic mass is 10.2. The molecule has 0 aliphatic carbocycles. The van der Waals surface area contributed by atoms with Gasteiger partial charge in [0.25, 0.3) is 5.76 Å². The number of benzene rings is 1. The van der Waals surface area contributed by atoms with Crippen LogP contribution >= 0.6 is 11.8 Å². The predicted molar refractivity (Wildman–Crippen MR) is 74.1 cm³/mol. The topological polar surface area (TPSA) is 52.6 Å². The van der Waals surface area contributed by atoms with Gasteiger partial charge in [0.15, 0.2) is 0 Å². The molecule has 2 N–H and O–H groups in total. The Labute approximate surface area is 120 Å². The average Bonchev–Trinajstić information content (AvgIpc) is 2.86. The first kappa shape index (κ1) is 15.1. The second-order valence-electron chi connectivity index (χ2n) is 4.51. The van der Waals surface area contributed by atoms with E-state index >= 15 is 0 Å². The number of hydrogen-bond donors (Lipinski definition) is 2. The van der Waals surface area contributed by atoms with E-state index in [0.29, 0.717) is 28.9 Å². The highest BCUT2D eigenvalue weighted by Crippen LogP contribution is 2.27. The Morgan fingerprint density at radius 2 is 2.35 bits per heavy atom. The van der Waals surface area contributed by atoms with Crippen molar-refractivity contribution < 1.29 is 18.7 Å². The van der Waals surface area contributed by atoms with Crippen LogP contribution in [0.2, 0.25) is 0 Å². The van der Waals surface area contributed by atoms with E-state index in [1.54, 1.807) is 23.1 Å². The summed E-state index contributed by atoms with van der Waals surface area (Å²) in [5, 5.41) is 11.9. The van der Waals surface area contributed by atoms with Crippen LogP contribution in [-0.2, 0) is 0 Å². The monoisotopic (exact) mass is 302 g/mol. The van der Waals surface area contributed by atoms with Crippen LogP contribution in [0.3, 0.4) is 0 Å². The summed E-state index contributed by atoms with van der Waals surface area (Å²) in [6, 6.07) is 5.89. The van der Waals surface area contributed by atoms with Crippen LogP contribution < -0.4 is 5.32 Å². The molecule has 20 heavy (non-hydrogen) atoms. The van der Waals surface area contributed by atoms with Crippen LogP contribution in [0.5, 0.6) is 0 Å². The molecule has 0 saturated carbocycles. The van der Waals surface area contributed by atoms with Gasteiger partial charge in [-0.25, -0.2) is 4.79 Å². The molecule has 0 aromatic heterocycles. The number of halogens is 2. The summed E-state index contributed by atoms with van der Waals surface area (Å²) in [4.78, 5) is 14.0. The number of aliphatic hydroxyl groups is 1. The van der Waals surface area contributed by atoms with E-state index in [1.807, 2.05) is 0 Å². The summed E-state index contributed by atoms with van der Waals surface area (Å²) in [7, 11) is 0. The second-order valence-corrected chi connectivity index (χ2v) is 5.57. The number of hydrogen-bond acceptors (Lipinski definition) is 3. The summed E-state index contributed by atoms with van der Waals surface area (Å²) >= 11 is 0.439. The van der Waals surface area contributed by atoms with Crippen molar-refractivity contribution in [1.29, 1.82) is 0 Å². The van der Waals surface area contributed by atoms with Crippen molar-refractivity contribution in [3.63, 3.8) is 0 Å². The number of urea groups is 1.